The fraction of sp³-hybridized carbons (Fsp3) is 0.250. The molecule has 1 nitrogen and oxygen atoms in total. The van der Waals surface area contributed by atoms with Crippen LogP contribution in [0.3, 0.4) is 0 Å². The van der Waals surface area contributed by atoms with Crippen LogP contribution in [0.5, 0.6) is 5.75 Å². The molecule has 51 valence electrons. The summed E-state index contributed by atoms with van der Waals surface area (Å²) in [4.78, 5) is 0. The van der Waals surface area contributed by atoms with Crippen LogP contribution < -0.4 is 4.74 Å². The number of rotatable bonds is 0. The zero-order valence-electron chi connectivity index (χ0n) is 5.36. The van der Waals surface area contributed by atoms with E-state index in [1.807, 2.05) is 12.1 Å². The summed E-state index contributed by atoms with van der Waals surface area (Å²) in [7, 11) is 0. The topological polar surface area (TPSA) is 9.23 Å². The largest absolute Gasteiger partial charge is 0.493 e. The van der Waals surface area contributed by atoms with E-state index in [0.29, 0.717) is 0 Å². The van der Waals surface area contributed by atoms with Crippen molar-refractivity contribution < 1.29 is 4.74 Å². The minimum Gasteiger partial charge on any atom is -0.493 e. The first kappa shape index (κ1) is 6.23. The molecule has 2 rings (SSSR count). The maximum Gasteiger partial charge on any atom is 0.123 e. The molecule has 0 N–H and O–H groups in total. The molecule has 0 unspecified atom stereocenters. The summed E-state index contributed by atoms with van der Waals surface area (Å²) in [6.07, 6.45) is 0.995. The van der Waals surface area contributed by atoms with Crippen molar-refractivity contribution in [1.82, 2.24) is 0 Å². The fourth-order valence-corrected chi connectivity index (χ4v) is 1.45. The Morgan fingerprint density at radius 3 is 3.30 bits per heavy atom. The van der Waals surface area contributed by atoms with Gasteiger partial charge in [0.15, 0.2) is 0 Å². The Morgan fingerprint density at radius 1 is 1.50 bits per heavy atom. The van der Waals surface area contributed by atoms with Gasteiger partial charge in [0.1, 0.15) is 5.75 Å². The van der Waals surface area contributed by atoms with Gasteiger partial charge in [0.25, 0.3) is 0 Å². The first-order chi connectivity index (χ1) is 4.86. The van der Waals surface area contributed by atoms with Crippen molar-refractivity contribution in [2.24, 2.45) is 0 Å². The van der Waals surface area contributed by atoms with Crippen molar-refractivity contribution in [3.05, 3.63) is 28.2 Å². The summed E-state index contributed by atoms with van der Waals surface area (Å²) in [5, 5.41) is 0. The summed E-state index contributed by atoms with van der Waals surface area (Å²) >= 11 is 3.35. The molecule has 0 aliphatic carbocycles. The second-order valence-corrected chi connectivity index (χ2v) is 3.10. The minimum absolute atomic E-state index is 0.808. The van der Waals surface area contributed by atoms with E-state index < -0.39 is 0 Å². The standard InChI is InChI=1S/C8H6BrO/c9-7-1-2-8-6(5-7)3-4-10-8/h1-2H,3-4H2. The molecule has 1 heterocycles. The Labute approximate surface area is 68.1 Å². The maximum absolute atomic E-state index is 5.30. The molecule has 1 aromatic carbocycles. The van der Waals surface area contributed by atoms with Gasteiger partial charge in [-0.2, -0.15) is 0 Å². The molecule has 0 saturated carbocycles. The minimum atomic E-state index is 0.808. The molecule has 0 spiro atoms. The smallest absolute Gasteiger partial charge is 0.123 e. The van der Waals surface area contributed by atoms with E-state index in [2.05, 4.69) is 22.0 Å². The second-order valence-electron chi connectivity index (χ2n) is 2.25. The van der Waals surface area contributed by atoms with E-state index in [1.54, 1.807) is 0 Å². The van der Waals surface area contributed by atoms with Crippen LogP contribution in [0.25, 0.3) is 0 Å². The molecule has 2 heteroatoms. The van der Waals surface area contributed by atoms with E-state index in [0.717, 1.165) is 23.2 Å². The van der Waals surface area contributed by atoms with Crippen molar-refractivity contribution in [3.8, 4) is 5.75 Å². The molecule has 10 heavy (non-hydrogen) atoms. The molecule has 0 bridgehead atoms. The highest BCUT2D eigenvalue weighted by atomic mass is 79.9. The number of fused-ring (bicyclic) bond motifs is 1. The van der Waals surface area contributed by atoms with E-state index in [-0.39, 0.29) is 0 Å². The van der Waals surface area contributed by atoms with Crippen LogP contribution in [-0.2, 0) is 6.42 Å². The average molecular weight is 198 g/mol. The Bertz CT molecular complexity index is 257. The number of ether oxygens (including phenoxy) is 1. The fourth-order valence-electron chi connectivity index (χ4n) is 1.08. The molecular formula is C8H6BrO. The molecule has 1 aliphatic heterocycles. The van der Waals surface area contributed by atoms with Gasteiger partial charge in [0.2, 0.25) is 0 Å². The highest BCUT2D eigenvalue weighted by Crippen LogP contribution is 2.26. The Hall–Kier alpha value is -0.500. The van der Waals surface area contributed by atoms with Gasteiger partial charge in [-0.05, 0) is 12.1 Å². The van der Waals surface area contributed by atoms with Crippen LogP contribution in [0.15, 0.2) is 16.6 Å². The summed E-state index contributed by atoms with van der Waals surface area (Å²) in [6, 6.07) is 7.10. The van der Waals surface area contributed by atoms with Gasteiger partial charge in [0, 0.05) is 22.5 Å². The van der Waals surface area contributed by atoms with Crippen LogP contribution in [0, 0.1) is 6.07 Å². The molecule has 0 fully saturated rings. The molecule has 0 aromatic heterocycles. The summed E-state index contributed by atoms with van der Waals surface area (Å²) in [5.41, 5.74) is 1.19. The highest BCUT2D eigenvalue weighted by Gasteiger charge is 2.10. The van der Waals surface area contributed by atoms with Gasteiger partial charge in [0.05, 0.1) is 6.61 Å². The van der Waals surface area contributed by atoms with Gasteiger partial charge in [-0.25, -0.2) is 0 Å². The number of halogens is 1. The van der Waals surface area contributed by atoms with Crippen LogP contribution in [0.2, 0.25) is 0 Å². The second kappa shape index (κ2) is 2.27. The number of hydrogen-bond acceptors (Lipinski definition) is 1. The molecule has 1 aliphatic rings. The van der Waals surface area contributed by atoms with E-state index in [9.17, 15) is 0 Å². The highest BCUT2D eigenvalue weighted by molar-refractivity contribution is 9.10. The zero-order chi connectivity index (χ0) is 6.97. The van der Waals surface area contributed by atoms with Crippen molar-refractivity contribution in [2.45, 2.75) is 6.42 Å². The summed E-state index contributed by atoms with van der Waals surface area (Å²) in [5.74, 6) is 0.989. The lowest BCUT2D eigenvalue weighted by Crippen LogP contribution is -1.85. The lowest BCUT2D eigenvalue weighted by atomic mass is 10.2. The molecular weight excluding hydrogens is 192 g/mol. The predicted molar refractivity (Wildman–Crippen MR) is 42.2 cm³/mol. The van der Waals surface area contributed by atoms with Gasteiger partial charge < -0.3 is 4.74 Å². The molecule has 0 amide bonds. The van der Waals surface area contributed by atoms with Crippen molar-refractivity contribution >= 4 is 15.9 Å². The quantitative estimate of drug-likeness (QED) is 0.620. The normalized spacial score (nSPS) is 14.5. The van der Waals surface area contributed by atoms with E-state index >= 15 is 0 Å². The van der Waals surface area contributed by atoms with Crippen molar-refractivity contribution in [1.29, 1.82) is 0 Å². The monoisotopic (exact) mass is 197 g/mol. The van der Waals surface area contributed by atoms with Crippen molar-refractivity contribution in [3.63, 3.8) is 0 Å². The first-order valence-corrected chi connectivity index (χ1v) is 3.99. The number of benzene rings is 1. The summed E-state index contributed by atoms with van der Waals surface area (Å²) in [6.45, 7) is 0.808. The van der Waals surface area contributed by atoms with E-state index in [4.69, 9.17) is 4.74 Å². The predicted octanol–water partition coefficient (Wildman–Crippen LogP) is 2.18. The summed E-state index contributed by atoms with van der Waals surface area (Å²) < 4.78 is 6.31. The van der Waals surface area contributed by atoms with Crippen LogP contribution >= 0.6 is 15.9 Å². The van der Waals surface area contributed by atoms with Gasteiger partial charge in [-0.15, -0.1) is 0 Å². The average Bonchev–Trinajstić information content (AvgIpc) is 2.33. The Kier molecular flexibility index (Phi) is 1.42. The van der Waals surface area contributed by atoms with Crippen LogP contribution in [-0.4, -0.2) is 6.61 Å². The van der Waals surface area contributed by atoms with Crippen LogP contribution in [0.4, 0.5) is 0 Å². The number of hydrogen-bond donors (Lipinski definition) is 0. The maximum atomic E-state index is 5.30. The lowest BCUT2D eigenvalue weighted by Gasteiger charge is -1.96. The zero-order valence-corrected chi connectivity index (χ0v) is 6.94. The van der Waals surface area contributed by atoms with Crippen molar-refractivity contribution in [2.75, 3.05) is 6.61 Å². The SMILES string of the molecule is Brc1[c]c2c(cc1)OCC2. The lowest BCUT2D eigenvalue weighted by molar-refractivity contribution is 0.357. The molecule has 1 aromatic rings. The van der Waals surface area contributed by atoms with Gasteiger partial charge in [-0.3, -0.25) is 0 Å². The molecule has 0 atom stereocenters. The first-order valence-electron chi connectivity index (χ1n) is 3.20. The molecule has 1 radical (unpaired) electrons. The third-order valence-corrected chi connectivity index (χ3v) is 2.02. The van der Waals surface area contributed by atoms with Crippen LogP contribution in [0.1, 0.15) is 5.56 Å². The third-order valence-electron chi connectivity index (χ3n) is 1.56. The van der Waals surface area contributed by atoms with Gasteiger partial charge in [-0.1, -0.05) is 15.9 Å². The van der Waals surface area contributed by atoms with Gasteiger partial charge >= 0.3 is 0 Å². The Morgan fingerprint density at radius 2 is 2.40 bits per heavy atom. The molecule has 0 saturated heterocycles. The third kappa shape index (κ3) is 0.926. The Balaban J connectivity index is 2.52. The van der Waals surface area contributed by atoms with E-state index in [1.165, 1.54) is 5.56 Å².